The summed E-state index contributed by atoms with van der Waals surface area (Å²) < 4.78 is 15.6. The topological polar surface area (TPSA) is 128 Å². The van der Waals surface area contributed by atoms with Crippen molar-refractivity contribution < 1.29 is 28.3 Å². The van der Waals surface area contributed by atoms with Gasteiger partial charge in [0.15, 0.2) is 0 Å². The number of hydrogen-bond donors (Lipinski definition) is 1. The normalized spacial score (nSPS) is 19.8. The number of nitrogens with two attached hydrogens (primary N) is 1. The number of likely N-dealkylation sites (tertiary alicyclic amines) is 1. The minimum atomic E-state index is -0.493. The van der Waals surface area contributed by atoms with Crippen molar-refractivity contribution in [1.82, 2.24) is 4.90 Å². The van der Waals surface area contributed by atoms with Crippen LogP contribution in [0.2, 0.25) is 0 Å². The minimum Gasteiger partial charge on any atom is -0.472 e. The Morgan fingerprint density at radius 2 is 1.88 bits per heavy atom. The number of aliphatic imine (C=N–C) groups is 1. The highest BCUT2D eigenvalue weighted by Crippen LogP contribution is 2.24. The van der Waals surface area contributed by atoms with E-state index in [1.54, 1.807) is 29.2 Å². The van der Waals surface area contributed by atoms with Crippen LogP contribution in [0.3, 0.4) is 0 Å². The maximum atomic E-state index is 12.5. The number of amidine groups is 1. The van der Waals surface area contributed by atoms with Gasteiger partial charge < -0.3 is 19.6 Å². The Morgan fingerprint density at radius 1 is 1.15 bits per heavy atom. The molecular formula is C24H28N4O6. The highest BCUT2D eigenvalue weighted by molar-refractivity contribution is 6.08. The number of carbonyl (C=O) groups is 3. The van der Waals surface area contributed by atoms with E-state index in [-0.39, 0.29) is 23.8 Å². The van der Waals surface area contributed by atoms with Crippen LogP contribution >= 0.6 is 0 Å². The zero-order chi connectivity index (χ0) is 24.1. The molecule has 10 heteroatoms. The van der Waals surface area contributed by atoms with E-state index in [2.05, 4.69) is 9.89 Å². The molecule has 1 aromatic carbocycles. The molecule has 1 atom stereocenters. The molecule has 0 bridgehead atoms. The van der Waals surface area contributed by atoms with Crippen LogP contribution in [-0.2, 0) is 14.3 Å². The molecule has 3 heterocycles. The fourth-order valence-corrected chi connectivity index (χ4v) is 4.16. The summed E-state index contributed by atoms with van der Waals surface area (Å²) >= 11 is 0. The van der Waals surface area contributed by atoms with Crippen LogP contribution < -0.4 is 10.6 Å². The first kappa shape index (κ1) is 23.5. The van der Waals surface area contributed by atoms with Crippen molar-refractivity contribution in [3.63, 3.8) is 0 Å². The van der Waals surface area contributed by atoms with Crippen LogP contribution in [0.4, 0.5) is 10.5 Å². The van der Waals surface area contributed by atoms with E-state index in [4.69, 9.17) is 19.6 Å². The van der Waals surface area contributed by atoms with E-state index in [1.165, 1.54) is 18.6 Å². The van der Waals surface area contributed by atoms with E-state index < -0.39 is 12.0 Å². The van der Waals surface area contributed by atoms with Gasteiger partial charge in [-0.25, -0.2) is 4.79 Å². The zero-order valence-corrected chi connectivity index (χ0v) is 19.0. The summed E-state index contributed by atoms with van der Waals surface area (Å²) in [5, 5.41) is 0. The van der Waals surface area contributed by atoms with Crippen molar-refractivity contribution in [2.75, 3.05) is 37.7 Å². The van der Waals surface area contributed by atoms with Crippen molar-refractivity contribution in [2.45, 2.75) is 25.9 Å². The van der Waals surface area contributed by atoms with Crippen molar-refractivity contribution in [2.24, 2.45) is 16.6 Å². The summed E-state index contributed by atoms with van der Waals surface area (Å²) in [7, 11) is 0. The SMILES string of the molecule is CCOC(=O)C1CCN(CC2CN(c3ccc(C(N)=NC(=O)c4ccoc4)cc3)C(=O)O2)CC1. The molecule has 2 aliphatic heterocycles. The minimum absolute atomic E-state index is 0.0525. The predicted octanol–water partition coefficient (Wildman–Crippen LogP) is 2.43. The molecular weight excluding hydrogens is 440 g/mol. The first-order valence-electron chi connectivity index (χ1n) is 11.3. The Bertz CT molecular complexity index is 1040. The number of furan rings is 1. The molecule has 4 rings (SSSR count). The van der Waals surface area contributed by atoms with Gasteiger partial charge in [-0.3, -0.25) is 19.4 Å². The lowest BCUT2D eigenvalue weighted by molar-refractivity contribution is -0.149. The largest absolute Gasteiger partial charge is 0.472 e. The van der Waals surface area contributed by atoms with Crippen LogP contribution in [0.25, 0.3) is 0 Å². The zero-order valence-electron chi connectivity index (χ0n) is 19.0. The van der Waals surface area contributed by atoms with E-state index in [9.17, 15) is 14.4 Å². The second kappa shape index (κ2) is 10.5. The number of hydrogen-bond acceptors (Lipinski definition) is 7. The number of carbonyl (C=O) groups excluding carboxylic acids is 3. The molecule has 2 N–H and O–H groups in total. The lowest BCUT2D eigenvalue weighted by Crippen LogP contribution is -2.41. The van der Waals surface area contributed by atoms with E-state index in [0.29, 0.717) is 36.5 Å². The molecule has 2 fully saturated rings. The number of ether oxygens (including phenoxy) is 2. The maximum Gasteiger partial charge on any atom is 0.414 e. The summed E-state index contributed by atoms with van der Waals surface area (Å²) in [6, 6.07) is 8.42. The van der Waals surface area contributed by atoms with Crippen molar-refractivity contribution in [1.29, 1.82) is 0 Å². The number of esters is 1. The quantitative estimate of drug-likeness (QED) is 0.373. The monoisotopic (exact) mass is 468 g/mol. The standard InChI is InChI=1S/C24H28N4O6/c1-2-33-23(30)17-7-10-27(11-8-17)13-20-14-28(24(31)34-20)19-5-3-16(4-6-19)21(25)26-22(29)18-9-12-32-15-18/h3-6,9,12,15,17,20H,2,7-8,10-11,13-14H2,1H3,(H2,25,26,29). The third-order valence-electron chi connectivity index (χ3n) is 6.01. The van der Waals surface area contributed by atoms with Gasteiger partial charge in [-0.15, -0.1) is 0 Å². The lowest BCUT2D eigenvalue weighted by Gasteiger charge is -2.31. The van der Waals surface area contributed by atoms with Gasteiger partial charge in [0.1, 0.15) is 18.2 Å². The van der Waals surface area contributed by atoms with Crippen LogP contribution in [0.15, 0.2) is 52.3 Å². The van der Waals surface area contributed by atoms with Gasteiger partial charge in [0.05, 0.1) is 30.9 Å². The average molecular weight is 469 g/mol. The number of nitrogens with zero attached hydrogens (tertiary/aromatic N) is 3. The highest BCUT2D eigenvalue weighted by Gasteiger charge is 2.35. The molecule has 2 amide bonds. The predicted molar refractivity (Wildman–Crippen MR) is 124 cm³/mol. The Hall–Kier alpha value is -3.66. The van der Waals surface area contributed by atoms with Gasteiger partial charge in [0.25, 0.3) is 5.91 Å². The Kier molecular flexibility index (Phi) is 7.27. The molecule has 2 saturated heterocycles. The molecule has 0 aliphatic carbocycles. The summed E-state index contributed by atoms with van der Waals surface area (Å²) in [5.41, 5.74) is 7.51. The first-order chi connectivity index (χ1) is 16.4. The number of cyclic esters (lactones) is 1. The van der Waals surface area contributed by atoms with Crippen molar-refractivity contribution in [3.8, 4) is 0 Å². The Labute approximate surface area is 197 Å². The van der Waals surface area contributed by atoms with Crippen LogP contribution in [0.5, 0.6) is 0 Å². The van der Waals surface area contributed by atoms with Crippen LogP contribution in [-0.4, -0.2) is 67.6 Å². The number of rotatable bonds is 7. The van der Waals surface area contributed by atoms with E-state index in [0.717, 1.165) is 25.9 Å². The number of benzene rings is 1. The van der Waals surface area contributed by atoms with Gasteiger partial charge in [-0.05, 0) is 63.2 Å². The second-order valence-corrected chi connectivity index (χ2v) is 8.30. The first-order valence-corrected chi connectivity index (χ1v) is 11.3. The smallest absolute Gasteiger partial charge is 0.414 e. The molecule has 2 aliphatic rings. The molecule has 2 aromatic rings. The molecule has 1 aromatic heterocycles. The van der Waals surface area contributed by atoms with Crippen molar-refractivity contribution in [3.05, 3.63) is 54.0 Å². The molecule has 180 valence electrons. The van der Waals surface area contributed by atoms with Crippen LogP contribution in [0, 0.1) is 5.92 Å². The van der Waals surface area contributed by atoms with Gasteiger partial charge in [-0.1, -0.05) is 0 Å². The summed E-state index contributed by atoms with van der Waals surface area (Å²) in [5.74, 6) is -0.595. The Balaban J connectivity index is 1.31. The lowest BCUT2D eigenvalue weighted by atomic mass is 9.97. The molecule has 10 nitrogen and oxygen atoms in total. The van der Waals surface area contributed by atoms with Crippen LogP contribution in [0.1, 0.15) is 35.7 Å². The number of amides is 2. The third kappa shape index (κ3) is 5.45. The summed E-state index contributed by atoms with van der Waals surface area (Å²) in [6.45, 7) is 4.79. The van der Waals surface area contributed by atoms with Crippen molar-refractivity contribution >= 4 is 29.5 Å². The molecule has 1 unspecified atom stereocenters. The van der Waals surface area contributed by atoms with Gasteiger partial charge in [0.2, 0.25) is 0 Å². The summed E-state index contributed by atoms with van der Waals surface area (Å²) in [4.78, 5) is 44.1. The van der Waals surface area contributed by atoms with E-state index >= 15 is 0 Å². The molecule has 0 spiro atoms. The average Bonchev–Trinajstić information content (AvgIpc) is 3.50. The fourth-order valence-electron chi connectivity index (χ4n) is 4.16. The second-order valence-electron chi connectivity index (χ2n) is 8.30. The van der Waals surface area contributed by atoms with Gasteiger partial charge in [0, 0.05) is 17.8 Å². The van der Waals surface area contributed by atoms with E-state index in [1.807, 2.05) is 6.92 Å². The summed E-state index contributed by atoms with van der Waals surface area (Å²) in [6.07, 6.45) is 3.52. The number of anilines is 1. The molecule has 0 radical (unpaired) electrons. The van der Waals surface area contributed by atoms with Gasteiger partial charge >= 0.3 is 12.1 Å². The molecule has 0 saturated carbocycles. The third-order valence-corrected chi connectivity index (χ3v) is 6.01. The van der Waals surface area contributed by atoms with Gasteiger partial charge in [-0.2, -0.15) is 4.99 Å². The number of piperidine rings is 1. The fraction of sp³-hybridized carbons (Fsp3) is 0.417. The maximum absolute atomic E-state index is 12.5. The molecule has 34 heavy (non-hydrogen) atoms. The highest BCUT2D eigenvalue weighted by atomic mass is 16.6. The Morgan fingerprint density at radius 3 is 2.53 bits per heavy atom.